The molecule has 0 aliphatic carbocycles. The third kappa shape index (κ3) is 5.14. The van der Waals surface area contributed by atoms with Crippen molar-refractivity contribution in [2.45, 2.75) is 38.1 Å². The SMILES string of the molecule is OCCCC1CCCN1CCOC(F)(F)F. The Balaban J connectivity index is 2.19. The maximum absolute atomic E-state index is 11.8. The third-order valence-corrected chi connectivity index (χ3v) is 2.84. The standard InChI is InChI=1S/C10H18F3NO2/c11-10(12,13)16-8-6-14-5-1-3-9(14)4-2-7-15/h9,15H,1-8H2. The van der Waals surface area contributed by atoms with Crippen molar-refractivity contribution in [2.24, 2.45) is 0 Å². The van der Waals surface area contributed by atoms with E-state index in [0.717, 1.165) is 25.8 Å². The Labute approximate surface area is 93.2 Å². The summed E-state index contributed by atoms with van der Waals surface area (Å²) in [6, 6.07) is 0.309. The van der Waals surface area contributed by atoms with Gasteiger partial charge in [0.15, 0.2) is 0 Å². The van der Waals surface area contributed by atoms with Crippen molar-refractivity contribution in [3.8, 4) is 0 Å². The molecule has 0 aromatic carbocycles. The normalized spacial score (nSPS) is 22.9. The molecule has 1 aliphatic rings. The monoisotopic (exact) mass is 241 g/mol. The van der Waals surface area contributed by atoms with Crippen LogP contribution in [0.5, 0.6) is 0 Å². The van der Waals surface area contributed by atoms with E-state index < -0.39 is 6.36 Å². The van der Waals surface area contributed by atoms with Crippen LogP contribution in [0.15, 0.2) is 0 Å². The summed E-state index contributed by atoms with van der Waals surface area (Å²) in [5.74, 6) is 0. The number of ether oxygens (including phenoxy) is 1. The molecule has 1 unspecified atom stereocenters. The second-order valence-corrected chi connectivity index (χ2v) is 3.99. The van der Waals surface area contributed by atoms with Crippen LogP contribution in [-0.2, 0) is 4.74 Å². The van der Waals surface area contributed by atoms with Gasteiger partial charge in [0.1, 0.15) is 0 Å². The highest BCUT2D eigenvalue weighted by Crippen LogP contribution is 2.22. The summed E-state index contributed by atoms with van der Waals surface area (Å²) in [5.41, 5.74) is 0. The first-order valence-corrected chi connectivity index (χ1v) is 5.58. The van der Waals surface area contributed by atoms with Crippen LogP contribution in [-0.4, -0.2) is 48.7 Å². The Morgan fingerprint density at radius 1 is 1.38 bits per heavy atom. The van der Waals surface area contributed by atoms with Crippen molar-refractivity contribution in [3.63, 3.8) is 0 Å². The molecule has 3 nitrogen and oxygen atoms in total. The van der Waals surface area contributed by atoms with Crippen molar-refractivity contribution in [2.75, 3.05) is 26.3 Å². The fraction of sp³-hybridized carbons (Fsp3) is 1.00. The summed E-state index contributed by atoms with van der Waals surface area (Å²) in [6.45, 7) is 0.982. The Bertz CT molecular complexity index is 199. The van der Waals surface area contributed by atoms with Crippen LogP contribution in [0.3, 0.4) is 0 Å². The zero-order chi connectivity index (χ0) is 12.0. The van der Waals surface area contributed by atoms with E-state index in [2.05, 4.69) is 4.74 Å². The van der Waals surface area contributed by atoms with Gasteiger partial charge >= 0.3 is 6.36 Å². The highest BCUT2D eigenvalue weighted by Gasteiger charge is 2.30. The lowest BCUT2D eigenvalue weighted by Crippen LogP contribution is -2.34. The second kappa shape index (κ2) is 6.42. The number of hydrogen-bond acceptors (Lipinski definition) is 3. The molecular weight excluding hydrogens is 223 g/mol. The first-order chi connectivity index (χ1) is 7.53. The molecule has 16 heavy (non-hydrogen) atoms. The quantitative estimate of drug-likeness (QED) is 0.769. The molecule has 1 fully saturated rings. The average Bonchev–Trinajstić information content (AvgIpc) is 2.60. The van der Waals surface area contributed by atoms with E-state index in [-0.39, 0.29) is 13.2 Å². The number of nitrogens with zero attached hydrogens (tertiary/aromatic N) is 1. The lowest BCUT2D eigenvalue weighted by Gasteiger charge is -2.24. The van der Waals surface area contributed by atoms with Gasteiger partial charge in [-0.05, 0) is 32.2 Å². The Hall–Kier alpha value is -0.330. The molecule has 0 radical (unpaired) electrons. The van der Waals surface area contributed by atoms with E-state index in [4.69, 9.17) is 5.11 Å². The topological polar surface area (TPSA) is 32.7 Å². The molecule has 0 bridgehead atoms. The number of hydrogen-bond donors (Lipinski definition) is 1. The van der Waals surface area contributed by atoms with Gasteiger partial charge in [-0.15, -0.1) is 13.2 Å². The van der Waals surface area contributed by atoms with E-state index in [1.54, 1.807) is 0 Å². The summed E-state index contributed by atoms with van der Waals surface area (Å²) < 4.78 is 39.0. The number of likely N-dealkylation sites (tertiary alicyclic amines) is 1. The molecule has 0 aromatic rings. The summed E-state index contributed by atoms with van der Waals surface area (Å²) in [6.07, 6.45) is -0.946. The van der Waals surface area contributed by atoms with Gasteiger partial charge in [-0.3, -0.25) is 9.64 Å². The summed E-state index contributed by atoms with van der Waals surface area (Å²) >= 11 is 0. The zero-order valence-electron chi connectivity index (χ0n) is 9.17. The highest BCUT2D eigenvalue weighted by atomic mass is 19.4. The van der Waals surface area contributed by atoms with E-state index in [9.17, 15) is 13.2 Å². The van der Waals surface area contributed by atoms with Gasteiger partial charge in [0, 0.05) is 19.2 Å². The van der Waals surface area contributed by atoms with Gasteiger partial charge in [0.05, 0.1) is 6.61 Å². The van der Waals surface area contributed by atoms with Crippen molar-refractivity contribution >= 4 is 0 Å². The number of aliphatic hydroxyl groups excluding tert-OH is 1. The molecular formula is C10H18F3NO2. The number of aliphatic hydroxyl groups is 1. The summed E-state index contributed by atoms with van der Waals surface area (Å²) in [4.78, 5) is 2.02. The van der Waals surface area contributed by atoms with Crippen LogP contribution in [0.25, 0.3) is 0 Å². The predicted molar refractivity (Wildman–Crippen MR) is 52.9 cm³/mol. The lowest BCUT2D eigenvalue weighted by molar-refractivity contribution is -0.325. The highest BCUT2D eigenvalue weighted by molar-refractivity contribution is 4.78. The van der Waals surface area contributed by atoms with Crippen LogP contribution in [0.2, 0.25) is 0 Å². The minimum atomic E-state index is -4.53. The maximum Gasteiger partial charge on any atom is 0.522 e. The molecule has 0 aromatic heterocycles. The molecule has 0 amide bonds. The zero-order valence-corrected chi connectivity index (χ0v) is 9.17. The molecule has 1 saturated heterocycles. The number of alkyl halides is 3. The van der Waals surface area contributed by atoms with E-state index in [1.807, 2.05) is 4.90 Å². The van der Waals surface area contributed by atoms with Gasteiger partial charge in [-0.1, -0.05) is 0 Å². The second-order valence-electron chi connectivity index (χ2n) is 3.99. The van der Waals surface area contributed by atoms with Gasteiger partial charge in [-0.2, -0.15) is 0 Å². The van der Waals surface area contributed by atoms with Crippen LogP contribution < -0.4 is 0 Å². The summed E-state index contributed by atoms with van der Waals surface area (Å²) in [7, 11) is 0. The third-order valence-electron chi connectivity index (χ3n) is 2.84. The first-order valence-electron chi connectivity index (χ1n) is 5.58. The minimum Gasteiger partial charge on any atom is -0.396 e. The van der Waals surface area contributed by atoms with Gasteiger partial charge in [0.2, 0.25) is 0 Å². The largest absolute Gasteiger partial charge is 0.522 e. The van der Waals surface area contributed by atoms with E-state index >= 15 is 0 Å². The lowest BCUT2D eigenvalue weighted by atomic mass is 10.1. The van der Waals surface area contributed by atoms with Crippen LogP contribution in [0, 0.1) is 0 Å². The molecule has 0 saturated carbocycles. The molecule has 1 atom stereocenters. The van der Waals surface area contributed by atoms with E-state index in [1.165, 1.54) is 0 Å². The molecule has 6 heteroatoms. The summed E-state index contributed by atoms with van der Waals surface area (Å²) in [5, 5.41) is 8.70. The van der Waals surface area contributed by atoms with Gasteiger partial charge in [-0.25, -0.2) is 0 Å². The average molecular weight is 241 g/mol. The molecule has 1 heterocycles. The first kappa shape index (κ1) is 13.7. The van der Waals surface area contributed by atoms with Crippen molar-refractivity contribution in [3.05, 3.63) is 0 Å². The minimum absolute atomic E-state index is 0.142. The van der Waals surface area contributed by atoms with Crippen LogP contribution in [0.1, 0.15) is 25.7 Å². The fourth-order valence-electron chi connectivity index (χ4n) is 2.12. The number of rotatable bonds is 6. The number of halogens is 3. The molecule has 1 rings (SSSR count). The van der Waals surface area contributed by atoms with Crippen molar-refractivity contribution in [1.82, 2.24) is 4.90 Å². The van der Waals surface area contributed by atoms with Gasteiger partial charge in [0.25, 0.3) is 0 Å². The van der Waals surface area contributed by atoms with Crippen molar-refractivity contribution in [1.29, 1.82) is 0 Å². The fourth-order valence-corrected chi connectivity index (χ4v) is 2.12. The van der Waals surface area contributed by atoms with Crippen LogP contribution in [0.4, 0.5) is 13.2 Å². The smallest absolute Gasteiger partial charge is 0.396 e. The Morgan fingerprint density at radius 2 is 2.12 bits per heavy atom. The Kier molecular flexibility index (Phi) is 5.51. The predicted octanol–water partition coefficient (Wildman–Crippen LogP) is 1.76. The van der Waals surface area contributed by atoms with Crippen molar-refractivity contribution < 1.29 is 23.0 Å². The van der Waals surface area contributed by atoms with Crippen LogP contribution >= 0.6 is 0 Å². The van der Waals surface area contributed by atoms with E-state index in [0.29, 0.717) is 19.0 Å². The molecule has 0 spiro atoms. The molecule has 1 aliphatic heterocycles. The Morgan fingerprint density at radius 3 is 2.75 bits per heavy atom. The molecule has 1 N–H and O–H groups in total. The molecule has 96 valence electrons. The maximum atomic E-state index is 11.8. The van der Waals surface area contributed by atoms with Gasteiger partial charge < -0.3 is 5.11 Å².